The highest BCUT2D eigenvalue weighted by Crippen LogP contribution is 2.25. The van der Waals surface area contributed by atoms with Crippen LogP contribution in [0, 0.1) is 6.08 Å². The first-order valence-corrected chi connectivity index (χ1v) is 2.71. The largest absolute Gasteiger partial charge is 0.451 e. The minimum absolute atomic E-state index is 1.25. The third kappa shape index (κ3) is 4.02. The average molecular weight is 197 g/mol. The predicted octanol–water partition coefficient (Wildman–Crippen LogP) is 0.967. The molecule has 0 fully saturated rings. The number of H-pyrrole nitrogens is 1. The van der Waals surface area contributed by atoms with Gasteiger partial charge in [-0.15, -0.1) is 5.10 Å². The second-order valence-electron chi connectivity index (χ2n) is 1.60. The molecule has 0 unspecified atom stereocenters. The number of nitrogens with zero attached hydrogens (tertiary/aromatic N) is 2. The van der Waals surface area contributed by atoms with Gasteiger partial charge in [-0.05, 0) is 6.58 Å². The molecule has 0 atom stereocenters. The van der Waals surface area contributed by atoms with Gasteiger partial charge in [0.05, 0.1) is 0 Å². The summed E-state index contributed by atoms with van der Waals surface area (Å²) < 4.78 is 46.2. The highest BCUT2D eigenvalue weighted by atomic mass is 19.4. The number of hydrogen-bond donors (Lipinski definition) is 1. The fourth-order valence-corrected chi connectivity index (χ4v) is 0.368. The van der Waals surface area contributed by atoms with Crippen LogP contribution in [0.4, 0.5) is 17.6 Å². The van der Waals surface area contributed by atoms with E-state index in [1.807, 2.05) is 0 Å². The molecular formula is C5H3F4N3O. The fourth-order valence-electron chi connectivity index (χ4n) is 0.368. The van der Waals surface area contributed by atoms with Gasteiger partial charge in [0.25, 0.3) is 0 Å². The molecule has 8 heteroatoms. The Morgan fingerprint density at radius 2 is 1.92 bits per heavy atom. The lowest BCUT2D eigenvalue weighted by Crippen LogP contribution is -2.07. The Kier molecular flexibility index (Phi) is 3.80. The van der Waals surface area contributed by atoms with E-state index in [0.717, 1.165) is 0 Å². The van der Waals surface area contributed by atoms with E-state index < -0.39 is 18.1 Å². The maximum absolute atomic E-state index is 11.7. The molecule has 13 heavy (non-hydrogen) atoms. The van der Waals surface area contributed by atoms with E-state index in [1.165, 1.54) is 11.0 Å². The molecule has 0 aliphatic rings. The summed E-state index contributed by atoms with van der Waals surface area (Å²) in [5, 5.41) is 3.94. The van der Waals surface area contributed by atoms with Crippen LogP contribution >= 0.6 is 0 Å². The van der Waals surface area contributed by atoms with Gasteiger partial charge in [0.1, 0.15) is 5.94 Å². The molecule has 0 aliphatic carbocycles. The standard InChI is InChI=1S/C3HF4N3.C2H2O/c4-2-8-1(9-10-2)3(5,6)7;1-2-3/h(H,8,9,10);1H2. The quantitative estimate of drug-likeness (QED) is 0.497. The molecule has 0 aromatic carbocycles. The molecule has 0 spiro atoms. The Morgan fingerprint density at radius 3 is 2.08 bits per heavy atom. The molecule has 0 amide bonds. The summed E-state index contributed by atoms with van der Waals surface area (Å²) in [5.41, 5.74) is 0. The highest BCUT2D eigenvalue weighted by Gasteiger charge is 2.35. The Bertz CT molecular complexity index is 299. The van der Waals surface area contributed by atoms with Crippen molar-refractivity contribution in [2.75, 3.05) is 0 Å². The number of carbonyl (C=O) groups excluding carboxylic acids is 1. The van der Waals surface area contributed by atoms with Gasteiger partial charge in [-0.2, -0.15) is 22.5 Å². The van der Waals surface area contributed by atoms with E-state index >= 15 is 0 Å². The number of hydrogen-bond acceptors (Lipinski definition) is 3. The summed E-state index contributed by atoms with van der Waals surface area (Å²) in [4.78, 5) is 11.0. The predicted molar refractivity (Wildman–Crippen MR) is 32.7 cm³/mol. The summed E-state index contributed by atoms with van der Waals surface area (Å²) in [7, 11) is 0. The van der Waals surface area contributed by atoms with Crippen molar-refractivity contribution in [3.63, 3.8) is 0 Å². The van der Waals surface area contributed by atoms with Crippen molar-refractivity contribution >= 4 is 5.94 Å². The van der Waals surface area contributed by atoms with Crippen LogP contribution in [0.5, 0.6) is 0 Å². The Morgan fingerprint density at radius 1 is 1.46 bits per heavy atom. The van der Waals surface area contributed by atoms with Gasteiger partial charge < -0.3 is 0 Å². The molecule has 0 bridgehead atoms. The van der Waals surface area contributed by atoms with Crippen LogP contribution in [0.1, 0.15) is 5.82 Å². The summed E-state index contributed by atoms with van der Waals surface area (Å²) in [6.07, 6.45) is -6.07. The van der Waals surface area contributed by atoms with E-state index in [-0.39, 0.29) is 0 Å². The molecule has 4 nitrogen and oxygen atoms in total. The number of aromatic amines is 1. The van der Waals surface area contributed by atoms with Crippen LogP contribution in [0.3, 0.4) is 0 Å². The van der Waals surface area contributed by atoms with Gasteiger partial charge in [-0.3, -0.25) is 5.10 Å². The van der Waals surface area contributed by atoms with Crippen LogP contribution < -0.4 is 0 Å². The lowest BCUT2D eigenvalue weighted by Gasteiger charge is -1.97. The van der Waals surface area contributed by atoms with Crippen LogP contribution in [0.15, 0.2) is 6.58 Å². The molecule has 0 saturated heterocycles. The van der Waals surface area contributed by atoms with E-state index in [0.29, 0.717) is 0 Å². The first-order chi connectivity index (χ1) is 5.91. The fraction of sp³-hybridized carbons (Fsp3) is 0.200. The summed E-state index contributed by atoms with van der Waals surface area (Å²) >= 11 is 0. The maximum Gasteiger partial charge on any atom is 0.451 e. The second kappa shape index (κ2) is 4.36. The summed E-state index contributed by atoms with van der Waals surface area (Å²) in [6, 6.07) is 0. The lowest BCUT2D eigenvalue weighted by molar-refractivity contribution is -0.144. The molecule has 1 heterocycles. The minimum Gasteiger partial charge on any atom is -0.253 e. The van der Waals surface area contributed by atoms with Crippen molar-refractivity contribution in [1.29, 1.82) is 0 Å². The molecule has 1 rings (SSSR count). The molecule has 1 N–H and O–H groups in total. The van der Waals surface area contributed by atoms with Crippen LogP contribution in [0.2, 0.25) is 0 Å². The molecule has 72 valence electrons. The van der Waals surface area contributed by atoms with E-state index in [4.69, 9.17) is 4.79 Å². The molecule has 1 aromatic rings. The number of rotatable bonds is 0. The van der Waals surface area contributed by atoms with E-state index in [9.17, 15) is 17.6 Å². The topological polar surface area (TPSA) is 58.6 Å². The smallest absolute Gasteiger partial charge is 0.253 e. The third-order valence-electron chi connectivity index (χ3n) is 0.727. The van der Waals surface area contributed by atoms with Crippen molar-refractivity contribution in [2.24, 2.45) is 0 Å². The SMILES string of the molecule is C=C=O.Fc1n[nH]c(C(F)(F)F)n1. The van der Waals surface area contributed by atoms with E-state index in [2.05, 4.69) is 16.7 Å². The normalized spacial score (nSPS) is 9.85. The molecule has 0 aliphatic heterocycles. The number of alkyl halides is 3. The first-order valence-electron chi connectivity index (χ1n) is 2.71. The number of nitrogens with one attached hydrogen (secondary N) is 1. The third-order valence-corrected chi connectivity index (χ3v) is 0.727. The highest BCUT2D eigenvalue weighted by molar-refractivity contribution is 5.38. The molecule has 0 radical (unpaired) electrons. The minimum atomic E-state index is -4.66. The first kappa shape index (κ1) is 11.3. The molecule has 1 aromatic heterocycles. The van der Waals surface area contributed by atoms with Crippen LogP contribution in [0.25, 0.3) is 0 Å². The van der Waals surface area contributed by atoms with Gasteiger partial charge in [0, 0.05) is 0 Å². The lowest BCUT2D eigenvalue weighted by atomic mass is 10.6. The monoisotopic (exact) mass is 197 g/mol. The van der Waals surface area contributed by atoms with Crippen LogP contribution in [-0.2, 0) is 11.0 Å². The Labute approximate surface area is 69.3 Å². The van der Waals surface area contributed by atoms with Gasteiger partial charge in [-0.1, -0.05) is 0 Å². The van der Waals surface area contributed by atoms with Crippen molar-refractivity contribution in [3.05, 3.63) is 18.5 Å². The summed E-state index contributed by atoms with van der Waals surface area (Å²) in [6.45, 7) is 2.68. The number of halogens is 4. The van der Waals surface area contributed by atoms with Crippen LogP contribution in [-0.4, -0.2) is 21.1 Å². The Hall–Kier alpha value is -1.69. The van der Waals surface area contributed by atoms with Crippen molar-refractivity contribution in [3.8, 4) is 0 Å². The molecule has 0 saturated carbocycles. The average Bonchev–Trinajstić information content (AvgIpc) is 2.35. The zero-order valence-corrected chi connectivity index (χ0v) is 6.02. The second-order valence-corrected chi connectivity index (χ2v) is 1.60. The summed E-state index contributed by atoms with van der Waals surface area (Å²) in [5.74, 6) is -0.176. The zero-order chi connectivity index (χ0) is 10.5. The number of aromatic nitrogens is 3. The van der Waals surface area contributed by atoms with Gasteiger partial charge in [0.2, 0.25) is 5.82 Å². The van der Waals surface area contributed by atoms with Crippen molar-refractivity contribution in [2.45, 2.75) is 6.18 Å². The van der Waals surface area contributed by atoms with Crippen molar-refractivity contribution in [1.82, 2.24) is 15.2 Å². The van der Waals surface area contributed by atoms with Crippen molar-refractivity contribution < 1.29 is 22.4 Å². The van der Waals surface area contributed by atoms with E-state index in [1.54, 1.807) is 0 Å². The Balaban J connectivity index is 0.000000424. The zero-order valence-electron chi connectivity index (χ0n) is 6.02. The maximum atomic E-state index is 11.7. The van der Waals surface area contributed by atoms with Gasteiger partial charge >= 0.3 is 12.3 Å². The molecular weight excluding hydrogens is 194 g/mol. The van der Waals surface area contributed by atoms with Gasteiger partial charge in [0.15, 0.2) is 0 Å². The van der Waals surface area contributed by atoms with Gasteiger partial charge in [-0.25, -0.2) is 4.79 Å².